The van der Waals surface area contributed by atoms with E-state index in [1.54, 1.807) is 16.8 Å². The van der Waals surface area contributed by atoms with E-state index in [0.717, 1.165) is 34.4 Å². The third-order valence-corrected chi connectivity index (χ3v) is 9.31. The van der Waals surface area contributed by atoms with Gasteiger partial charge in [-0.25, -0.2) is 13.4 Å². The van der Waals surface area contributed by atoms with E-state index < -0.39 is 34.3 Å². The number of sulfonamides is 1. The molecule has 2 saturated heterocycles. The van der Waals surface area contributed by atoms with Crippen molar-refractivity contribution in [2.45, 2.75) is 56.8 Å². The number of piperidine rings is 1. The van der Waals surface area contributed by atoms with E-state index in [9.17, 15) is 23.1 Å². The second-order valence-corrected chi connectivity index (χ2v) is 12.4. The number of likely N-dealkylation sites (tertiary alicyclic amines) is 1. The number of carbonyl (C=O) groups excluding carboxylic acids is 2. The summed E-state index contributed by atoms with van der Waals surface area (Å²) in [7, 11) is -3.56. The number of β-amino-alcohol motifs (C(OH)–C–C–N with tert-alkyl or cyclic N) is 1. The number of thiazole rings is 1. The summed E-state index contributed by atoms with van der Waals surface area (Å²) in [6, 6.07) is 5.42. The van der Waals surface area contributed by atoms with E-state index in [1.807, 2.05) is 31.2 Å². The van der Waals surface area contributed by atoms with Crippen molar-refractivity contribution >= 4 is 39.0 Å². The van der Waals surface area contributed by atoms with Crippen molar-refractivity contribution in [1.29, 1.82) is 0 Å². The van der Waals surface area contributed by atoms with Gasteiger partial charge in [0.25, 0.3) is 5.91 Å². The molecule has 4 heterocycles. The van der Waals surface area contributed by atoms with Crippen molar-refractivity contribution in [1.82, 2.24) is 19.5 Å². The number of aryl methyl sites for hydroxylation is 1. The molecule has 1 aromatic heterocycles. The minimum atomic E-state index is -3.56. The van der Waals surface area contributed by atoms with E-state index in [2.05, 4.69) is 15.3 Å². The summed E-state index contributed by atoms with van der Waals surface area (Å²) in [6.45, 7) is 2.32. The van der Waals surface area contributed by atoms with Crippen molar-refractivity contribution < 1.29 is 23.1 Å². The normalized spacial score (nSPS) is 27.2. The average Bonchev–Trinajstić information content (AvgIpc) is 3.56. The number of aliphatic imine (C=N–C) groups is 1. The van der Waals surface area contributed by atoms with Crippen LogP contribution in [-0.2, 0) is 19.6 Å². The number of benzene rings is 1. The predicted molar refractivity (Wildman–Crippen MR) is 136 cm³/mol. The fourth-order valence-electron chi connectivity index (χ4n) is 5.27. The molecule has 4 atom stereocenters. The number of amides is 2. The SMILES string of the molecule is Cc1ncsc1-c1ccc(C2N=C([C@H]3C[C@@H](O)CN3C(=O)[C@@H]3CCCCN3S(C)(=O)=O)NC2=O)cc1. The van der Waals surface area contributed by atoms with Crippen LogP contribution in [0.25, 0.3) is 10.4 Å². The molecule has 0 aliphatic carbocycles. The summed E-state index contributed by atoms with van der Waals surface area (Å²) in [6.07, 6.45) is 2.44. The number of nitrogens with zero attached hydrogens (tertiary/aromatic N) is 4. The largest absolute Gasteiger partial charge is 0.391 e. The molecule has 2 fully saturated rings. The van der Waals surface area contributed by atoms with Gasteiger partial charge in [-0.05, 0) is 30.9 Å². The van der Waals surface area contributed by atoms with Crippen LogP contribution < -0.4 is 5.32 Å². The number of aliphatic hydroxyl groups is 1. The number of amidine groups is 1. The molecule has 1 unspecified atom stereocenters. The van der Waals surface area contributed by atoms with Gasteiger partial charge in [-0.3, -0.25) is 14.6 Å². The van der Waals surface area contributed by atoms with Gasteiger partial charge in [0.15, 0.2) is 6.04 Å². The first kappa shape index (κ1) is 25.0. The zero-order chi connectivity index (χ0) is 25.6. The predicted octanol–water partition coefficient (Wildman–Crippen LogP) is 1.46. The minimum absolute atomic E-state index is 0.0695. The van der Waals surface area contributed by atoms with Gasteiger partial charge in [0, 0.05) is 19.5 Å². The molecular weight excluding hydrogens is 502 g/mol. The molecule has 36 heavy (non-hydrogen) atoms. The molecule has 0 bridgehead atoms. The van der Waals surface area contributed by atoms with Crippen LogP contribution in [0.15, 0.2) is 34.8 Å². The van der Waals surface area contributed by atoms with Crippen molar-refractivity contribution in [2.24, 2.45) is 4.99 Å². The smallest absolute Gasteiger partial charge is 0.254 e. The van der Waals surface area contributed by atoms with Crippen molar-refractivity contribution in [3.05, 3.63) is 41.0 Å². The Labute approximate surface area is 214 Å². The Morgan fingerprint density at radius 2 is 1.97 bits per heavy atom. The van der Waals surface area contributed by atoms with E-state index in [1.165, 1.54) is 9.21 Å². The number of carbonyl (C=O) groups is 2. The van der Waals surface area contributed by atoms with Crippen LogP contribution in [0.3, 0.4) is 0 Å². The van der Waals surface area contributed by atoms with E-state index in [0.29, 0.717) is 25.2 Å². The van der Waals surface area contributed by atoms with Gasteiger partial charge in [0.1, 0.15) is 11.9 Å². The summed E-state index contributed by atoms with van der Waals surface area (Å²) in [4.78, 5) is 37.8. The molecule has 0 saturated carbocycles. The van der Waals surface area contributed by atoms with Gasteiger partial charge in [-0.2, -0.15) is 4.31 Å². The number of hydrogen-bond acceptors (Lipinski definition) is 8. The lowest BCUT2D eigenvalue weighted by Crippen LogP contribution is -2.55. The maximum absolute atomic E-state index is 13.5. The number of aromatic nitrogens is 1. The Morgan fingerprint density at radius 1 is 1.22 bits per heavy atom. The van der Waals surface area contributed by atoms with Crippen molar-refractivity contribution in [3.8, 4) is 10.4 Å². The first-order chi connectivity index (χ1) is 17.1. The highest BCUT2D eigenvalue weighted by atomic mass is 32.2. The molecule has 12 heteroatoms. The third kappa shape index (κ3) is 4.70. The van der Waals surface area contributed by atoms with Gasteiger partial charge < -0.3 is 15.3 Å². The molecule has 5 rings (SSSR count). The molecule has 2 N–H and O–H groups in total. The molecule has 2 aromatic rings. The molecule has 3 aliphatic heterocycles. The highest BCUT2D eigenvalue weighted by Crippen LogP contribution is 2.32. The Morgan fingerprint density at radius 3 is 2.64 bits per heavy atom. The van der Waals surface area contributed by atoms with Gasteiger partial charge in [-0.1, -0.05) is 30.7 Å². The highest BCUT2D eigenvalue weighted by molar-refractivity contribution is 7.88. The number of aliphatic hydroxyl groups excluding tert-OH is 1. The Kier molecular flexibility index (Phi) is 6.70. The minimum Gasteiger partial charge on any atom is -0.391 e. The summed E-state index contributed by atoms with van der Waals surface area (Å²) in [5.74, 6) is -0.318. The quantitative estimate of drug-likeness (QED) is 0.601. The molecule has 3 aliphatic rings. The summed E-state index contributed by atoms with van der Waals surface area (Å²) in [5, 5.41) is 13.2. The lowest BCUT2D eigenvalue weighted by Gasteiger charge is -2.36. The van der Waals surface area contributed by atoms with Crippen molar-refractivity contribution in [3.63, 3.8) is 0 Å². The fraction of sp³-hybridized carbons (Fsp3) is 0.500. The average molecular weight is 532 g/mol. The molecule has 10 nitrogen and oxygen atoms in total. The molecule has 1 aromatic carbocycles. The van der Waals surface area contributed by atoms with Crippen LogP contribution in [0.2, 0.25) is 0 Å². The highest BCUT2D eigenvalue weighted by Gasteiger charge is 2.45. The Hall–Kier alpha value is -2.67. The van der Waals surface area contributed by atoms with Crippen molar-refractivity contribution in [2.75, 3.05) is 19.3 Å². The Bertz CT molecular complexity index is 1310. The summed E-state index contributed by atoms with van der Waals surface area (Å²) >= 11 is 1.55. The molecule has 0 spiro atoms. The van der Waals surface area contributed by atoms with Gasteiger partial charge in [-0.15, -0.1) is 11.3 Å². The first-order valence-electron chi connectivity index (χ1n) is 12.0. The Balaban J connectivity index is 1.38. The van der Waals surface area contributed by atoms with Gasteiger partial charge in [0.05, 0.1) is 34.5 Å². The lowest BCUT2D eigenvalue weighted by atomic mass is 10.0. The van der Waals surface area contributed by atoms with Crippen LogP contribution >= 0.6 is 11.3 Å². The van der Waals surface area contributed by atoms with Crippen LogP contribution in [0.5, 0.6) is 0 Å². The van der Waals surface area contributed by atoms with Gasteiger partial charge >= 0.3 is 0 Å². The first-order valence-corrected chi connectivity index (χ1v) is 14.7. The maximum atomic E-state index is 13.5. The van der Waals surface area contributed by atoms with E-state index >= 15 is 0 Å². The van der Waals surface area contributed by atoms with Gasteiger partial charge in [0.2, 0.25) is 15.9 Å². The fourth-order valence-corrected chi connectivity index (χ4v) is 7.20. The number of hydrogen-bond donors (Lipinski definition) is 2. The molecule has 192 valence electrons. The lowest BCUT2D eigenvalue weighted by molar-refractivity contribution is -0.136. The second kappa shape index (κ2) is 9.66. The maximum Gasteiger partial charge on any atom is 0.254 e. The topological polar surface area (TPSA) is 132 Å². The second-order valence-electron chi connectivity index (χ2n) is 9.58. The third-order valence-electron chi connectivity index (χ3n) is 7.04. The molecular formula is C24H29N5O5S2. The monoisotopic (exact) mass is 531 g/mol. The number of rotatable bonds is 5. The van der Waals surface area contributed by atoms with Crippen LogP contribution in [0, 0.1) is 6.92 Å². The van der Waals surface area contributed by atoms with Crippen LogP contribution in [0.1, 0.15) is 43.0 Å². The summed E-state index contributed by atoms with van der Waals surface area (Å²) in [5.41, 5.74) is 4.48. The summed E-state index contributed by atoms with van der Waals surface area (Å²) < 4.78 is 25.9. The molecule has 2 amide bonds. The van der Waals surface area contributed by atoms with E-state index in [4.69, 9.17) is 0 Å². The van der Waals surface area contributed by atoms with Crippen LogP contribution in [-0.4, -0.2) is 82.9 Å². The zero-order valence-electron chi connectivity index (χ0n) is 20.1. The van der Waals surface area contributed by atoms with E-state index in [-0.39, 0.29) is 24.8 Å². The van der Waals surface area contributed by atoms with Crippen LogP contribution in [0.4, 0.5) is 0 Å². The standard InChI is InChI=1S/C24H29N5O5S2/c1-14-21(35-13-25-14)16-8-6-15(7-9-16)20-23(31)27-22(26-20)19-11-17(30)12-28(19)24(32)18-5-3-4-10-29(18)36(2,33)34/h6-9,13,17-20,30H,3-5,10-12H2,1-2H3,(H,26,27,31)/t17-,18+,19-,20?/m1/s1. The molecule has 0 radical (unpaired) electrons. The zero-order valence-corrected chi connectivity index (χ0v) is 21.8. The number of nitrogens with one attached hydrogen (secondary N) is 1.